The van der Waals surface area contributed by atoms with Crippen LogP contribution < -0.4 is 5.11 Å². The topological polar surface area (TPSA) is 73.2 Å². The van der Waals surface area contributed by atoms with Crippen LogP contribution in [0.4, 0.5) is 0 Å². The standard InChI is InChI=1S/C8H15NO3/c1-8(2,3)12-7(11)5-4-6(9)10/h4-5H2,1-3H3,(H2,9,10)/p-1. The van der Waals surface area contributed by atoms with E-state index in [-0.39, 0.29) is 12.8 Å². The number of rotatable bonds is 3. The molecule has 4 heteroatoms. The molecule has 70 valence electrons. The van der Waals surface area contributed by atoms with Crippen LogP contribution in [0.2, 0.25) is 0 Å². The van der Waals surface area contributed by atoms with Gasteiger partial charge in [0.1, 0.15) is 5.60 Å². The minimum absolute atomic E-state index is 0.000394. The maximum atomic E-state index is 10.9. The molecule has 0 spiro atoms. The van der Waals surface area contributed by atoms with Crippen LogP contribution in [0.15, 0.2) is 0 Å². The van der Waals surface area contributed by atoms with E-state index in [1.54, 1.807) is 20.8 Å². The average molecular weight is 172 g/mol. The first-order valence-corrected chi connectivity index (χ1v) is 3.77. The summed E-state index contributed by atoms with van der Waals surface area (Å²) in [4.78, 5) is 10.9. The first kappa shape index (κ1) is 10.9. The van der Waals surface area contributed by atoms with Gasteiger partial charge in [-0.2, -0.15) is 0 Å². The van der Waals surface area contributed by atoms with E-state index in [1.165, 1.54) is 0 Å². The second-order valence-electron chi connectivity index (χ2n) is 3.51. The molecule has 0 bridgehead atoms. The fraction of sp³-hybridized carbons (Fsp3) is 0.750. The van der Waals surface area contributed by atoms with Crippen molar-refractivity contribution >= 4 is 11.9 Å². The number of carbonyl (C=O) groups is 1. The number of ether oxygens (including phenoxy) is 1. The van der Waals surface area contributed by atoms with Crippen molar-refractivity contribution in [1.82, 2.24) is 0 Å². The Morgan fingerprint density at radius 3 is 2.25 bits per heavy atom. The lowest BCUT2D eigenvalue weighted by atomic mass is 10.2. The number of hydrogen-bond acceptors (Lipinski definition) is 4. The Hall–Kier alpha value is -1.06. The molecule has 0 aromatic heterocycles. The van der Waals surface area contributed by atoms with Gasteiger partial charge in [-0.15, -0.1) is 0 Å². The predicted molar refractivity (Wildman–Crippen MR) is 42.8 cm³/mol. The number of nitrogens with one attached hydrogen (secondary N) is 1. The Morgan fingerprint density at radius 1 is 1.42 bits per heavy atom. The molecular weight excluding hydrogens is 158 g/mol. The maximum Gasteiger partial charge on any atom is 0.306 e. The van der Waals surface area contributed by atoms with Crippen LogP contribution in [0, 0.1) is 5.41 Å². The van der Waals surface area contributed by atoms with Gasteiger partial charge in [0.25, 0.3) is 0 Å². The van der Waals surface area contributed by atoms with E-state index in [0.717, 1.165) is 0 Å². The molecule has 0 aliphatic heterocycles. The molecule has 0 aliphatic carbocycles. The summed E-state index contributed by atoms with van der Waals surface area (Å²) >= 11 is 0. The summed E-state index contributed by atoms with van der Waals surface area (Å²) in [5, 5.41) is 16.7. The third-order valence-corrected chi connectivity index (χ3v) is 0.976. The van der Waals surface area contributed by atoms with E-state index >= 15 is 0 Å². The zero-order valence-corrected chi connectivity index (χ0v) is 7.64. The minimum Gasteiger partial charge on any atom is -0.862 e. The van der Waals surface area contributed by atoms with Gasteiger partial charge in [0, 0.05) is 6.42 Å². The van der Waals surface area contributed by atoms with E-state index in [2.05, 4.69) is 0 Å². The predicted octanol–water partition coefficient (Wildman–Crippen LogP) is 0.446. The van der Waals surface area contributed by atoms with Crippen molar-refractivity contribution in [1.29, 1.82) is 5.41 Å². The lowest BCUT2D eigenvalue weighted by molar-refractivity contribution is -0.221. The highest BCUT2D eigenvalue weighted by atomic mass is 16.6. The summed E-state index contributed by atoms with van der Waals surface area (Å²) in [5.41, 5.74) is -0.512. The van der Waals surface area contributed by atoms with Crippen LogP contribution in [0.5, 0.6) is 0 Å². The molecule has 0 heterocycles. The molecule has 0 rings (SSSR count). The fourth-order valence-electron chi connectivity index (χ4n) is 0.608. The molecule has 0 aliphatic rings. The highest BCUT2D eigenvalue weighted by Crippen LogP contribution is 2.08. The van der Waals surface area contributed by atoms with Gasteiger partial charge in [-0.05, 0) is 33.1 Å². The van der Waals surface area contributed by atoms with Gasteiger partial charge in [-0.25, -0.2) is 0 Å². The Bertz CT molecular complexity index is 181. The van der Waals surface area contributed by atoms with E-state index in [4.69, 9.17) is 10.1 Å². The first-order chi connectivity index (χ1) is 5.31. The van der Waals surface area contributed by atoms with Crippen molar-refractivity contribution < 1.29 is 14.6 Å². The van der Waals surface area contributed by atoms with Crippen molar-refractivity contribution in [3.8, 4) is 0 Å². The van der Waals surface area contributed by atoms with Crippen molar-refractivity contribution in [2.75, 3.05) is 0 Å². The van der Waals surface area contributed by atoms with Gasteiger partial charge >= 0.3 is 5.97 Å². The van der Waals surface area contributed by atoms with E-state index in [1.807, 2.05) is 0 Å². The van der Waals surface area contributed by atoms with E-state index < -0.39 is 17.5 Å². The van der Waals surface area contributed by atoms with Gasteiger partial charge in [0.15, 0.2) is 0 Å². The lowest BCUT2D eigenvalue weighted by Crippen LogP contribution is -2.25. The molecule has 0 amide bonds. The maximum absolute atomic E-state index is 10.9. The SMILES string of the molecule is CC(C)(C)OC(=O)CCC(=N)[O-]. The average Bonchev–Trinajstić information content (AvgIpc) is 1.79. The summed E-state index contributed by atoms with van der Waals surface area (Å²) in [6.45, 7) is 5.27. The fourth-order valence-corrected chi connectivity index (χ4v) is 0.608. The van der Waals surface area contributed by atoms with Crippen molar-refractivity contribution in [2.45, 2.75) is 39.2 Å². The summed E-state index contributed by atoms with van der Waals surface area (Å²) < 4.78 is 4.91. The van der Waals surface area contributed by atoms with Gasteiger partial charge in [-0.1, -0.05) is 0 Å². The number of esters is 1. The third-order valence-electron chi connectivity index (χ3n) is 0.976. The quantitative estimate of drug-likeness (QED) is 0.381. The molecule has 0 saturated heterocycles. The molecule has 0 atom stereocenters. The lowest BCUT2D eigenvalue weighted by Gasteiger charge is -2.19. The van der Waals surface area contributed by atoms with Crippen molar-refractivity contribution in [3.05, 3.63) is 0 Å². The highest BCUT2D eigenvalue weighted by Gasteiger charge is 2.15. The summed E-state index contributed by atoms with van der Waals surface area (Å²) in [6.07, 6.45) is -0.0610. The Balaban J connectivity index is 3.68. The van der Waals surface area contributed by atoms with Gasteiger partial charge < -0.3 is 15.3 Å². The molecular formula is C8H14NO3-. The van der Waals surface area contributed by atoms with Crippen molar-refractivity contribution in [2.24, 2.45) is 0 Å². The van der Waals surface area contributed by atoms with Crippen LogP contribution in [0.1, 0.15) is 33.6 Å². The molecule has 0 fully saturated rings. The smallest absolute Gasteiger partial charge is 0.306 e. The largest absolute Gasteiger partial charge is 0.862 e. The van der Waals surface area contributed by atoms with Crippen LogP contribution in [0.3, 0.4) is 0 Å². The van der Waals surface area contributed by atoms with Crippen LogP contribution in [-0.2, 0) is 9.53 Å². The molecule has 0 unspecified atom stereocenters. The molecule has 0 radical (unpaired) electrons. The molecule has 0 saturated carbocycles. The normalized spacial score (nSPS) is 10.9. The Kier molecular flexibility index (Phi) is 3.73. The molecule has 12 heavy (non-hydrogen) atoms. The highest BCUT2D eigenvalue weighted by molar-refractivity contribution is 5.77. The van der Waals surface area contributed by atoms with Gasteiger partial charge in [0.2, 0.25) is 0 Å². The number of hydrogen-bond donors (Lipinski definition) is 1. The second-order valence-corrected chi connectivity index (χ2v) is 3.51. The monoisotopic (exact) mass is 172 g/mol. The molecule has 1 N–H and O–H groups in total. The zero-order valence-electron chi connectivity index (χ0n) is 7.64. The molecule has 4 nitrogen and oxygen atoms in total. The molecule has 0 aromatic carbocycles. The summed E-state index contributed by atoms with van der Waals surface area (Å²) in [5.74, 6) is -1.16. The van der Waals surface area contributed by atoms with Gasteiger partial charge in [-0.3, -0.25) is 4.79 Å². The van der Waals surface area contributed by atoms with Crippen LogP contribution in [0.25, 0.3) is 0 Å². The van der Waals surface area contributed by atoms with E-state index in [0.29, 0.717) is 0 Å². The number of carbonyl (C=O) groups excluding carboxylic acids is 1. The van der Waals surface area contributed by atoms with Gasteiger partial charge in [0.05, 0.1) is 0 Å². The summed E-state index contributed by atoms with van der Waals surface area (Å²) in [7, 11) is 0. The summed E-state index contributed by atoms with van der Waals surface area (Å²) in [6, 6.07) is 0. The Labute approximate surface area is 72.0 Å². The van der Waals surface area contributed by atoms with Crippen LogP contribution in [-0.4, -0.2) is 17.5 Å². The Morgan fingerprint density at radius 2 is 1.92 bits per heavy atom. The third kappa shape index (κ3) is 7.05. The van der Waals surface area contributed by atoms with Crippen LogP contribution >= 0.6 is 0 Å². The minimum atomic E-state index is -0.735. The zero-order chi connectivity index (χ0) is 9.78. The molecule has 0 aromatic rings. The second kappa shape index (κ2) is 4.09. The van der Waals surface area contributed by atoms with E-state index in [9.17, 15) is 9.90 Å². The first-order valence-electron chi connectivity index (χ1n) is 3.77. The van der Waals surface area contributed by atoms with Crippen molar-refractivity contribution in [3.63, 3.8) is 0 Å².